The van der Waals surface area contributed by atoms with Crippen molar-refractivity contribution in [3.8, 4) is 5.88 Å². The lowest BCUT2D eigenvalue weighted by molar-refractivity contribution is 0.0603. The zero-order valence-corrected chi connectivity index (χ0v) is 20.7. The predicted octanol–water partition coefficient (Wildman–Crippen LogP) is 5.17. The van der Waals surface area contributed by atoms with E-state index in [-0.39, 0.29) is 23.7 Å². The van der Waals surface area contributed by atoms with Gasteiger partial charge >= 0.3 is 0 Å². The van der Waals surface area contributed by atoms with Gasteiger partial charge in [-0.3, -0.25) is 9.36 Å². The summed E-state index contributed by atoms with van der Waals surface area (Å²) >= 11 is 0. The van der Waals surface area contributed by atoms with Gasteiger partial charge in [-0.2, -0.15) is 0 Å². The first-order valence-electron chi connectivity index (χ1n) is 11.8. The first-order valence-corrected chi connectivity index (χ1v) is 11.8. The van der Waals surface area contributed by atoms with Crippen LogP contribution in [0.4, 0.5) is 0 Å². The van der Waals surface area contributed by atoms with Gasteiger partial charge < -0.3 is 15.7 Å². The number of carbonyl (C=O) groups is 1. The Morgan fingerprint density at radius 1 is 1.15 bits per heavy atom. The van der Waals surface area contributed by atoms with E-state index in [1.807, 2.05) is 77.9 Å². The zero-order chi connectivity index (χ0) is 24.8. The van der Waals surface area contributed by atoms with Gasteiger partial charge in [0.1, 0.15) is 11.5 Å². The fourth-order valence-electron chi connectivity index (χ4n) is 4.18. The summed E-state index contributed by atoms with van der Waals surface area (Å²) < 4.78 is 1.81. The molecule has 1 aromatic heterocycles. The monoisotopic (exact) mass is 460 g/mol. The number of rotatable bonds is 10. The average Bonchev–Trinajstić information content (AvgIpc) is 3.13. The fourth-order valence-corrected chi connectivity index (χ4v) is 4.18. The van der Waals surface area contributed by atoms with Crippen LogP contribution in [0.5, 0.6) is 5.88 Å². The van der Waals surface area contributed by atoms with Gasteiger partial charge in [0.2, 0.25) is 5.88 Å². The molecule has 3 rings (SSSR count). The molecule has 0 radical (unpaired) electrons. The Balaban J connectivity index is 2.14. The number of benzene rings is 2. The molecule has 0 aliphatic heterocycles. The summed E-state index contributed by atoms with van der Waals surface area (Å²) in [6.45, 7) is 13.4. The molecule has 0 saturated heterocycles. The smallest absolute Gasteiger partial charge is 0.254 e. The van der Waals surface area contributed by atoms with E-state index >= 15 is 0 Å². The molecule has 1 amide bonds. The lowest BCUT2D eigenvalue weighted by Gasteiger charge is -2.34. The molecule has 0 saturated carbocycles. The second-order valence-corrected chi connectivity index (χ2v) is 9.19. The van der Waals surface area contributed by atoms with Crippen LogP contribution in [-0.4, -0.2) is 38.6 Å². The van der Waals surface area contributed by atoms with E-state index in [9.17, 15) is 9.90 Å². The van der Waals surface area contributed by atoms with Crippen LogP contribution >= 0.6 is 0 Å². The van der Waals surface area contributed by atoms with Crippen LogP contribution in [0.15, 0.2) is 61.2 Å². The third-order valence-corrected chi connectivity index (χ3v) is 5.95. The number of nitrogens with two attached hydrogens (primary N) is 1. The van der Waals surface area contributed by atoms with Crippen molar-refractivity contribution < 1.29 is 9.90 Å². The quantitative estimate of drug-likeness (QED) is 0.437. The lowest BCUT2D eigenvalue weighted by atomic mass is 9.99. The molecule has 1 heterocycles. The van der Waals surface area contributed by atoms with E-state index in [1.54, 1.807) is 0 Å². The Morgan fingerprint density at radius 3 is 2.35 bits per heavy atom. The third kappa shape index (κ3) is 5.57. The highest BCUT2D eigenvalue weighted by Crippen LogP contribution is 2.35. The number of carbonyl (C=O) groups excluding carboxylic acids is 1. The van der Waals surface area contributed by atoms with Crippen LogP contribution in [0, 0.1) is 12.8 Å². The number of amides is 1. The summed E-state index contributed by atoms with van der Waals surface area (Å²) in [4.78, 5) is 20.4. The summed E-state index contributed by atoms with van der Waals surface area (Å²) in [5.74, 6) is 0.685. The lowest BCUT2D eigenvalue weighted by Crippen LogP contribution is -2.40. The molecule has 3 N–H and O–H groups in total. The third-order valence-electron chi connectivity index (χ3n) is 5.95. The highest BCUT2D eigenvalue weighted by atomic mass is 16.3. The molecule has 1 atom stereocenters. The van der Waals surface area contributed by atoms with E-state index in [4.69, 9.17) is 10.7 Å². The van der Waals surface area contributed by atoms with Crippen molar-refractivity contribution >= 4 is 11.5 Å². The molecule has 0 spiro atoms. The maximum Gasteiger partial charge on any atom is 0.254 e. The zero-order valence-electron chi connectivity index (χ0n) is 20.7. The number of aryl methyl sites for hydroxylation is 1. The number of hydrogen-bond acceptors (Lipinski definition) is 4. The normalized spacial score (nSPS) is 12.1. The Labute approximate surface area is 202 Å². The molecule has 3 aromatic rings. The van der Waals surface area contributed by atoms with Gasteiger partial charge in [0.15, 0.2) is 0 Å². The van der Waals surface area contributed by atoms with Gasteiger partial charge in [-0.1, -0.05) is 68.5 Å². The fraction of sp³-hybridized carbons (Fsp3) is 0.357. The van der Waals surface area contributed by atoms with E-state index in [0.717, 1.165) is 11.1 Å². The van der Waals surface area contributed by atoms with Crippen LogP contribution in [0.25, 0.3) is 5.57 Å². The molecule has 34 heavy (non-hydrogen) atoms. The van der Waals surface area contributed by atoms with Crippen molar-refractivity contribution in [1.29, 1.82) is 0 Å². The van der Waals surface area contributed by atoms with Gasteiger partial charge in [-0.15, -0.1) is 0 Å². The van der Waals surface area contributed by atoms with E-state index < -0.39 is 0 Å². The van der Waals surface area contributed by atoms with E-state index in [0.29, 0.717) is 48.7 Å². The maximum atomic E-state index is 13.7. The first-order chi connectivity index (χ1) is 16.2. The molecular weight excluding hydrogens is 424 g/mol. The Kier molecular flexibility index (Phi) is 8.29. The molecule has 0 aliphatic carbocycles. The SMILES string of the molecule is C=C(C)c1nc(C(C(C)C)N(CCCN)C(=O)c2ccc(C)cc2)n(Cc2ccccc2)c1O. The molecule has 0 aliphatic rings. The largest absolute Gasteiger partial charge is 0.493 e. The van der Waals surface area contributed by atoms with E-state index in [2.05, 4.69) is 20.4 Å². The Morgan fingerprint density at radius 2 is 1.79 bits per heavy atom. The van der Waals surface area contributed by atoms with Crippen LogP contribution < -0.4 is 5.73 Å². The molecule has 6 nitrogen and oxygen atoms in total. The summed E-state index contributed by atoms with van der Waals surface area (Å²) in [6.07, 6.45) is 0.666. The number of aromatic hydroxyl groups is 1. The number of hydrogen-bond donors (Lipinski definition) is 2. The van der Waals surface area contributed by atoms with Gasteiger partial charge in [0.05, 0.1) is 12.6 Å². The molecule has 180 valence electrons. The minimum atomic E-state index is -0.358. The van der Waals surface area contributed by atoms with Crippen molar-refractivity contribution in [2.45, 2.75) is 46.7 Å². The summed E-state index contributed by atoms with van der Waals surface area (Å²) in [6, 6.07) is 17.2. The Bertz CT molecular complexity index is 1120. The summed E-state index contributed by atoms with van der Waals surface area (Å²) in [5.41, 5.74) is 9.72. The van der Waals surface area contributed by atoms with Crippen molar-refractivity contribution in [2.24, 2.45) is 11.7 Å². The second kappa shape index (κ2) is 11.2. The van der Waals surface area contributed by atoms with Gasteiger partial charge in [0.25, 0.3) is 5.91 Å². The van der Waals surface area contributed by atoms with Crippen molar-refractivity contribution in [1.82, 2.24) is 14.5 Å². The Hall–Kier alpha value is -3.38. The van der Waals surface area contributed by atoms with Crippen molar-refractivity contribution in [2.75, 3.05) is 13.1 Å². The topological polar surface area (TPSA) is 84.4 Å². The number of imidazole rings is 1. The molecule has 0 fully saturated rings. The minimum absolute atomic E-state index is 0.0430. The standard InChI is InChI=1S/C28H36N4O2/c1-19(2)24-28(34)32(18-22-10-7-6-8-11-22)26(30-24)25(20(3)4)31(17-9-16-29)27(33)23-14-12-21(5)13-15-23/h6-8,10-15,20,25,34H,1,9,16-18,29H2,2-5H3. The number of aromatic nitrogens is 2. The van der Waals surface area contributed by atoms with Crippen LogP contribution in [0.1, 0.15) is 66.2 Å². The van der Waals surface area contributed by atoms with Crippen LogP contribution in [0.2, 0.25) is 0 Å². The maximum absolute atomic E-state index is 13.7. The van der Waals surface area contributed by atoms with Gasteiger partial charge in [-0.25, -0.2) is 4.98 Å². The number of allylic oxidation sites excluding steroid dienone is 1. The van der Waals surface area contributed by atoms with Crippen LogP contribution in [0.3, 0.4) is 0 Å². The van der Waals surface area contributed by atoms with Crippen molar-refractivity contribution in [3.63, 3.8) is 0 Å². The molecule has 0 bridgehead atoms. The number of nitrogens with zero attached hydrogens (tertiary/aromatic N) is 3. The average molecular weight is 461 g/mol. The van der Waals surface area contributed by atoms with Crippen molar-refractivity contribution in [3.05, 3.63) is 89.4 Å². The first kappa shape index (κ1) is 25.2. The summed E-state index contributed by atoms with van der Waals surface area (Å²) in [5, 5.41) is 11.1. The van der Waals surface area contributed by atoms with Gasteiger partial charge in [0, 0.05) is 12.1 Å². The molecular formula is C28H36N4O2. The molecule has 1 unspecified atom stereocenters. The van der Waals surface area contributed by atoms with Gasteiger partial charge in [-0.05, 0) is 56.0 Å². The summed E-state index contributed by atoms with van der Waals surface area (Å²) in [7, 11) is 0. The predicted molar refractivity (Wildman–Crippen MR) is 138 cm³/mol. The van der Waals surface area contributed by atoms with Crippen LogP contribution in [-0.2, 0) is 6.54 Å². The highest BCUT2D eigenvalue weighted by Gasteiger charge is 2.34. The highest BCUT2D eigenvalue weighted by molar-refractivity contribution is 5.94. The molecule has 6 heteroatoms. The second-order valence-electron chi connectivity index (χ2n) is 9.19. The van der Waals surface area contributed by atoms with E-state index in [1.165, 1.54) is 0 Å². The minimum Gasteiger partial charge on any atom is -0.493 e. The molecule has 2 aromatic carbocycles.